The minimum Gasteiger partial charge on any atom is -0.248 e. The van der Waals surface area contributed by atoms with Crippen LogP contribution in [0.2, 0.25) is 10.2 Å². The summed E-state index contributed by atoms with van der Waals surface area (Å²) in [6, 6.07) is 7.52. The van der Waals surface area contributed by atoms with E-state index in [9.17, 15) is 0 Å². The molecule has 0 fully saturated rings. The average Bonchev–Trinajstić information content (AvgIpc) is 2.28. The number of nitrogens with zero attached hydrogens (tertiary/aromatic N) is 2. The van der Waals surface area contributed by atoms with Crippen LogP contribution in [0.3, 0.4) is 0 Å². The summed E-state index contributed by atoms with van der Waals surface area (Å²) in [4.78, 5) is 8.13. The van der Waals surface area contributed by atoms with E-state index in [2.05, 4.69) is 9.97 Å². The largest absolute Gasteiger partial charge is 0.248 e. The smallest absolute Gasteiger partial charge is 0.129 e. The molecule has 0 aliphatic carbocycles. The number of hydrogen-bond acceptors (Lipinski definition) is 3. The molecule has 0 spiro atoms. The van der Waals surface area contributed by atoms with Gasteiger partial charge in [0, 0.05) is 18.1 Å². The van der Waals surface area contributed by atoms with Gasteiger partial charge in [0.2, 0.25) is 0 Å². The second-order valence-corrected chi connectivity index (χ2v) is 4.91. The molecule has 2 aromatic rings. The summed E-state index contributed by atoms with van der Waals surface area (Å²) < 4.78 is 0. The van der Waals surface area contributed by atoms with Crippen molar-refractivity contribution in [1.29, 1.82) is 0 Å². The third-order valence-electron chi connectivity index (χ3n) is 1.88. The number of aromatic nitrogens is 2. The van der Waals surface area contributed by atoms with Crippen LogP contribution in [0, 0.1) is 0 Å². The highest BCUT2D eigenvalue weighted by atomic mass is 35.5. The van der Waals surface area contributed by atoms with Crippen LogP contribution in [0.5, 0.6) is 0 Å². The molecule has 2 rings (SSSR count). The molecule has 0 unspecified atom stereocenters. The molecule has 0 aromatic carbocycles. The van der Waals surface area contributed by atoms with Crippen molar-refractivity contribution in [2.45, 2.75) is 10.8 Å². The van der Waals surface area contributed by atoms with E-state index in [0.29, 0.717) is 10.2 Å². The van der Waals surface area contributed by atoms with E-state index in [1.807, 2.05) is 24.3 Å². The second kappa shape index (κ2) is 5.53. The first-order valence-corrected chi connectivity index (χ1v) is 6.33. The molecular weight excluding hydrogens is 263 g/mol. The van der Waals surface area contributed by atoms with Crippen molar-refractivity contribution in [3.63, 3.8) is 0 Å². The summed E-state index contributed by atoms with van der Waals surface area (Å²) in [6.45, 7) is 0. The summed E-state index contributed by atoms with van der Waals surface area (Å²) >= 11 is 13.2. The standard InChI is InChI=1S/C11H8Cl2N2S/c12-9-1-2-11(15-6-9)16-7-8-3-4-14-10(13)5-8/h1-6H,7H2. The number of rotatable bonds is 3. The fraction of sp³-hybridized carbons (Fsp3) is 0.0909. The number of hydrogen-bond donors (Lipinski definition) is 0. The molecule has 2 heterocycles. The Labute approximate surface area is 108 Å². The SMILES string of the molecule is Clc1ccc(SCc2ccnc(Cl)c2)nc1. The highest BCUT2D eigenvalue weighted by Crippen LogP contribution is 2.22. The maximum absolute atomic E-state index is 5.79. The molecular formula is C11H8Cl2N2S. The van der Waals surface area contributed by atoms with Crippen molar-refractivity contribution < 1.29 is 0 Å². The first-order chi connectivity index (χ1) is 7.74. The zero-order valence-electron chi connectivity index (χ0n) is 8.23. The van der Waals surface area contributed by atoms with Crippen LogP contribution in [0.25, 0.3) is 0 Å². The average molecular weight is 271 g/mol. The van der Waals surface area contributed by atoms with Gasteiger partial charge in [-0.1, -0.05) is 23.2 Å². The Morgan fingerprint density at radius 3 is 2.69 bits per heavy atom. The fourth-order valence-corrected chi connectivity index (χ4v) is 2.23. The Balaban J connectivity index is 1.99. The number of pyridine rings is 2. The van der Waals surface area contributed by atoms with Crippen molar-refractivity contribution in [3.05, 3.63) is 52.4 Å². The molecule has 82 valence electrons. The van der Waals surface area contributed by atoms with Crippen LogP contribution in [0.1, 0.15) is 5.56 Å². The van der Waals surface area contributed by atoms with Crippen molar-refractivity contribution in [2.75, 3.05) is 0 Å². The van der Waals surface area contributed by atoms with Crippen LogP contribution in [0.4, 0.5) is 0 Å². The quantitative estimate of drug-likeness (QED) is 0.621. The Morgan fingerprint density at radius 1 is 1.12 bits per heavy atom. The van der Waals surface area contributed by atoms with E-state index in [1.165, 1.54) is 0 Å². The van der Waals surface area contributed by atoms with E-state index in [1.54, 1.807) is 24.2 Å². The molecule has 2 aromatic heterocycles. The van der Waals surface area contributed by atoms with Gasteiger partial charge in [0.05, 0.1) is 10.0 Å². The van der Waals surface area contributed by atoms with Crippen LogP contribution in [-0.2, 0) is 5.75 Å². The zero-order valence-corrected chi connectivity index (χ0v) is 10.6. The van der Waals surface area contributed by atoms with Crippen molar-refractivity contribution >= 4 is 35.0 Å². The predicted octanol–water partition coefficient (Wildman–Crippen LogP) is 4.08. The Hall–Kier alpha value is -0.770. The molecule has 0 atom stereocenters. The van der Waals surface area contributed by atoms with Gasteiger partial charge >= 0.3 is 0 Å². The lowest BCUT2D eigenvalue weighted by atomic mass is 10.3. The fourth-order valence-electron chi connectivity index (χ4n) is 1.14. The molecule has 0 saturated carbocycles. The molecule has 16 heavy (non-hydrogen) atoms. The second-order valence-electron chi connectivity index (χ2n) is 3.09. The van der Waals surface area contributed by atoms with E-state index >= 15 is 0 Å². The lowest BCUT2D eigenvalue weighted by Gasteiger charge is -2.01. The van der Waals surface area contributed by atoms with Crippen LogP contribution in [0.15, 0.2) is 41.7 Å². The van der Waals surface area contributed by atoms with Crippen LogP contribution < -0.4 is 0 Å². The molecule has 0 amide bonds. The van der Waals surface area contributed by atoms with Gasteiger partial charge in [-0.15, -0.1) is 11.8 Å². The first kappa shape index (κ1) is 11.7. The minimum atomic E-state index is 0.516. The zero-order chi connectivity index (χ0) is 11.4. The molecule has 5 heteroatoms. The lowest BCUT2D eigenvalue weighted by molar-refractivity contribution is 1.13. The highest BCUT2D eigenvalue weighted by molar-refractivity contribution is 7.98. The maximum atomic E-state index is 5.79. The molecule has 0 N–H and O–H groups in total. The first-order valence-electron chi connectivity index (χ1n) is 4.59. The summed E-state index contributed by atoms with van der Waals surface area (Å²) in [5.41, 5.74) is 1.13. The van der Waals surface area contributed by atoms with Gasteiger partial charge in [0.25, 0.3) is 0 Å². The van der Waals surface area contributed by atoms with Crippen LogP contribution in [-0.4, -0.2) is 9.97 Å². The Kier molecular flexibility index (Phi) is 4.04. The summed E-state index contributed by atoms with van der Waals surface area (Å²) in [5.74, 6) is 0.816. The van der Waals surface area contributed by atoms with Gasteiger partial charge in [-0.05, 0) is 29.8 Å². The van der Waals surface area contributed by atoms with Crippen molar-refractivity contribution in [1.82, 2.24) is 9.97 Å². The van der Waals surface area contributed by atoms with E-state index < -0.39 is 0 Å². The summed E-state index contributed by atoms with van der Waals surface area (Å²) in [6.07, 6.45) is 3.34. The van der Waals surface area contributed by atoms with Gasteiger partial charge in [-0.2, -0.15) is 0 Å². The third-order valence-corrected chi connectivity index (χ3v) is 3.32. The molecule has 0 saturated heterocycles. The molecule has 0 bridgehead atoms. The lowest BCUT2D eigenvalue weighted by Crippen LogP contribution is -1.84. The van der Waals surface area contributed by atoms with Crippen LogP contribution >= 0.6 is 35.0 Å². The van der Waals surface area contributed by atoms with E-state index in [-0.39, 0.29) is 0 Å². The number of halogens is 2. The predicted molar refractivity (Wildman–Crippen MR) is 68.1 cm³/mol. The van der Waals surface area contributed by atoms with Gasteiger partial charge in [-0.25, -0.2) is 9.97 Å². The van der Waals surface area contributed by atoms with Gasteiger partial charge < -0.3 is 0 Å². The summed E-state index contributed by atoms with van der Waals surface area (Å²) in [5, 5.41) is 2.11. The number of thioether (sulfide) groups is 1. The minimum absolute atomic E-state index is 0.516. The van der Waals surface area contributed by atoms with Crippen molar-refractivity contribution in [3.8, 4) is 0 Å². The van der Waals surface area contributed by atoms with Gasteiger partial charge in [0.1, 0.15) is 5.15 Å². The highest BCUT2D eigenvalue weighted by Gasteiger charge is 1.99. The maximum Gasteiger partial charge on any atom is 0.129 e. The van der Waals surface area contributed by atoms with Gasteiger partial charge in [-0.3, -0.25) is 0 Å². The Bertz CT molecular complexity index is 474. The van der Waals surface area contributed by atoms with E-state index in [0.717, 1.165) is 16.3 Å². The monoisotopic (exact) mass is 270 g/mol. The Morgan fingerprint density at radius 2 is 2.00 bits per heavy atom. The van der Waals surface area contributed by atoms with Crippen molar-refractivity contribution in [2.24, 2.45) is 0 Å². The molecule has 2 nitrogen and oxygen atoms in total. The van der Waals surface area contributed by atoms with Gasteiger partial charge in [0.15, 0.2) is 0 Å². The third kappa shape index (κ3) is 3.37. The molecule has 0 aliphatic rings. The topological polar surface area (TPSA) is 25.8 Å². The summed E-state index contributed by atoms with van der Waals surface area (Å²) in [7, 11) is 0. The normalized spacial score (nSPS) is 10.4. The van der Waals surface area contributed by atoms with E-state index in [4.69, 9.17) is 23.2 Å². The molecule has 0 radical (unpaired) electrons. The molecule has 0 aliphatic heterocycles.